The molecule has 0 radical (unpaired) electrons. The molecule has 2 aliphatic heterocycles. The van der Waals surface area contributed by atoms with Gasteiger partial charge in [0.2, 0.25) is 5.91 Å². The molecule has 0 unspecified atom stereocenters. The van der Waals surface area contributed by atoms with Crippen LogP contribution in [-0.4, -0.2) is 23.4 Å². The summed E-state index contributed by atoms with van der Waals surface area (Å²) in [6.45, 7) is 0.954. The van der Waals surface area contributed by atoms with Crippen molar-refractivity contribution in [1.82, 2.24) is 4.90 Å². The van der Waals surface area contributed by atoms with Crippen LogP contribution in [0, 0.1) is 0 Å². The maximum atomic E-state index is 12.0. The molecule has 82 valence electrons. The van der Waals surface area contributed by atoms with Crippen LogP contribution < -0.4 is 0 Å². The lowest BCUT2D eigenvalue weighted by atomic mass is 10.1. The van der Waals surface area contributed by atoms with E-state index in [9.17, 15) is 4.79 Å². The minimum Gasteiger partial charge on any atom is -0.336 e. The molecule has 2 aliphatic rings. The third kappa shape index (κ3) is 1.54. The molecule has 1 aromatic rings. The minimum atomic E-state index is 0.256. The van der Waals surface area contributed by atoms with Gasteiger partial charge in [0.25, 0.3) is 0 Å². The van der Waals surface area contributed by atoms with Crippen molar-refractivity contribution >= 4 is 12.0 Å². The molecule has 0 aliphatic carbocycles. The van der Waals surface area contributed by atoms with Crippen molar-refractivity contribution in [2.75, 3.05) is 6.54 Å². The van der Waals surface area contributed by atoms with Crippen molar-refractivity contribution in [2.24, 2.45) is 0 Å². The molecule has 0 spiro atoms. The number of benzene rings is 1. The van der Waals surface area contributed by atoms with Crippen LogP contribution >= 0.6 is 0 Å². The molecule has 3 rings (SSSR count). The Bertz CT molecular complexity index is 435. The Labute approximate surface area is 95.6 Å². The molecule has 16 heavy (non-hydrogen) atoms. The number of rotatable bonds is 1. The van der Waals surface area contributed by atoms with Gasteiger partial charge in [0.05, 0.1) is 0 Å². The summed E-state index contributed by atoms with van der Waals surface area (Å²) in [6.07, 6.45) is 5.33. The van der Waals surface area contributed by atoms with Crippen molar-refractivity contribution in [3.8, 4) is 0 Å². The fourth-order valence-electron chi connectivity index (χ4n) is 2.71. The van der Waals surface area contributed by atoms with Crippen LogP contribution in [0.4, 0.5) is 0 Å². The van der Waals surface area contributed by atoms with Crippen LogP contribution in [0.3, 0.4) is 0 Å². The van der Waals surface area contributed by atoms with Crippen LogP contribution in [0.2, 0.25) is 0 Å². The Morgan fingerprint density at radius 2 is 2.06 bits per heavy atom. The lowest BCUT2D eigenvalue weighted by molar-refractivity contribution is -0.125. The Kier molecular flexibility index (Phi) is 2.28. The maximum Gasteiger partial charge on any atom is 0.250 e. The molecular formula is C14H15NO. The normalized spacial score (nSPS) is 26.5. The summed E-state index contributed by atoms with van der Waals surface area (Å²) in [5.41, 5.74) is 2.11. The van der Waals surface area contributed by atoms with E-state index in [1.807, 2.05) is 41.3 Å². The molecule has 2 nitrogen and oxygen atoms in total. The first-order valence-electron chi connectivity index (χ1n) is 5.91. The summed E-state index contributed by atoms with van der Waals surface area (Å²) in [5, 5.41) is 0. The van der Waals surface area contributed by atoms with Crippen LogP contribution in [0.25, 0.3) is 6.08 Å². The highest BCUT2D eigenvalue weighted by atomic mass is 16.2. The number of hydrogen-bond donors (Lipinski definition) is 0. The third-order valence-electron chi connectivity index (χ3n) is 3.51. The molecule has 2 heteroatoms. The molecule has 0 aromatic heterocycles. The minimum absolute atomic E-state index is 0.256. The zero-order chi connectivity index (χ0) is 11.0. The first-order chi connectivity index (χ1) is 7.84. The average Bonchev–Trinajstić information content (AvgIpc) is 2.86. The molecule has 0 bridgehead atoms. The Morgan fingerprint density at radius 1 is 1.25 bits per heavy atom. The van der Waals surface area contributed by atoms with Gasteiger partial charge in [-0.2, -0.15) is 0 Å². The smallest absolute Gasteiger partial charge is 0.250 e. The number of amides is 1. The van der Waals surface area contributed by atoms with Gasteiger partial charge in [-0.05, 0) is 30.9 Å². The van der Waals surface area contributed by atoms with Crippen molar-refractivity contribution in [2.45, 2.75) is 25.3 Å². The van der Waals surface area contributed by atoms with E-state index in [1.165, 1.54) is 12.8 Å². The molecule has 1 atom stereocenters. The lowest BCUT2D eigenvalue weighted by Gasteiger charge is -2.12. The SMILES string of the molecule is O=C1/C(=C/c2ccccc2)C[C@H]2CCCN12. The van der Waals surface area contributed by atoms with Crippen molar-refractivity contribution < 1.29 is 4.79 Å². The second-order valence-corrected chi connectivity index (χ2v) is 4.58. The monoisotopic (exact) mass is 213 g/mol. The van der Waals surface area contributed by atoms with Gasteiger partial charge >= 0.3 is 0 Å². The first kappa shape index (κ1) is 9.64. The average molecular weight is 213 g/mol. The highest BCUT2D eigenvalue weighted by molar-refractivity contribution is 6.00. The Morgan fingerprint density at radius 3 is 2.81 bits per heavy atom. The molecule has 2 heterocycles. The van der Waals surface area contributed by atoms with E-state index in [0.29, 0.717) is 6.04 Å². The second kappa shape index (κ2) is 3.78. The lowest BCUT2D eigenvalue weighted by Crippen LogP contribution is -2.26. The highest BCUT2D eigenvalue weighted by Gasteiger charge is 2.37. The summed E-state index contributed by atoms with van der Waals surface area (Å²) in [7, 11) is 0. The fourth-order valence-corrected chi connectivity index (χ4v) is 2.71. The van der Waals surface area contributed by atoms with Crippen molar-refractivity contribution in [1.29, 1.82) is 0 Å². The number of hydrogen-bond acceptors (Lipinski definition) is 1. The van der Waals surface area contributed by atoms with Crippen LogP contribution in [0.5, 0.6) is 0 Å². The molecule has 1 aromatic carbocycles. The van der Waals surface area contributed by atoms with Gasteiger partial charge in [-0.15, -0.1) is 0 Å². The van der Waals surface area contributed by atoms with Crippen molar-refractivity contribution in [3.05, 3.63) is 41.5 Å². The van der Waals surface area contributed by atoms with E-state index in [-0.39, 0.29) is 5.91 Å². The molecule has 1 amide bonds. The van der Waals surface area contributed by atoms with Crippen LogP contribution in [0.15, 0.2) is 35.9 Å². The number of carbonyl (C=O) groups excluding carboxylic acids is 1. The Balaban J connectivity index is 1.87. The first-order valence-corrected chi connectivity index (χ1v) is 5.91. The predicted octanol–water partition coefficient (Wildman–Crippen LogP) is 2.46. The summed E-state index contributed by atoms with van der Waals surface area (Å²) in [6, 6.07) is 10.6. The van der Waals surface area contributed by atoms with Gasteiger partial charge in [-0.3, -0.25) is 4.79 Å². The molecule has 0 N–H and O–H groups in total. The number of nitrogens with zero attached hydrogens (tertiary/aromatic N) is 1. The van der Waals surface area contributed by atoms with E-state index in [4.69, 9.17) is 0 Å². The van der Waals surface area contributed by atoms with Crippen molar-refractivity contribution in [3.63, 3.8) is 0 Å². The quantitative estimate of drug-likeness (QED) is 0.656. The standard InChI is InChI=1S/C14H15NO/c16-14-12(9-11-5-2-1-3-6-11)10-13-7-4-8-15(13)14/h1-3,5-6,9,13H,4,7-8,10H2/b12-9+/t13-/m1/s1. The summed E-state index contributed by atoms with van der Waals surface area (Å²) in [4.78, 5) is 14.1. The summed E-state index contributed by atoms with van der Waals surface area (Å²) >= 11 is 0. The fraction of sp³-hybridized carbons (Fsp3) is 0.357. The van der Waals surface area contributed by atoms with Crippen LogP contribution in [0.1, 0.15) is 24.8 Å². The van der Waals surface area contributed by atoms with Gasteiger partial charge in [-0.25, -0.2) is 0 Å². The van der Waals surface area contributed by atoms with Gasteiger partial charge < -0.3 is 4.90 Å². The van der Waals surface area contributed by atoms with Gasteiger partial charge in [0.1, 0.15) is 0 Å². The third-order valence-corrected chi connectivity index (χ3v) is 3.51. The summed E-state index contributed by atoms with van der Waals surface area (Å²) in [5.74, 6) is 0.256. The van der Waals surface area contributed by atoms with Gasteiger partial charge in [0.15, 0.2) is 0 Å². The largest absolute Gasteiger partial charge is 0.336 e. The van der Waals surface area contributed by atoms with Gasteiger partial charge in [0, 0.05) is 18.2 Å². The highest BCUT2D eigenvalue weighted by Crippen LogP contribution is 2.32. The van der Waals surface area contributed by atoms with Crippen LogP contribution in [-0.2, 0) is 4.79 Å². The number of fused-ring (bicyclic) bond motifs is 1. The molecular weight excluding hydrogens is 198 g/mol. The van der Waals surface area contributed by atoms with E-state index in [2.05, 4.69) is 0 Å². The molecule has 2 fully saturated rings. The zero-order valence-electron chi connectivity index (χ0n) is 9.23. The van der Waals surface area contributed by atoms with Gasteiger partial charge in [-0.1, -0.05) is 30.3 Å². The maximum absolute atomic E-state index is 12.0. The van der Waals surface area contributed by atoms with E-state index >= 15 is 0 Å². The second-order valence-electron chi connectivity index (χ2n) is 4.58. The van der Waals surface area contributed by atoms with E-state index in [1.54, 1.807) is 0 Å². The van der Waals surface area contributed by atoms with E-state index in [0.717, 1.165) is 24.1 Å². The summed E-state index contributed by atoms with van der Waals surface area (Å²) < 4.78 is 0. The topological polar surface area (TPSA) is 20.3 Å². The van der Waals surface area contributed by atoms with E-state index < -0.39 is 0 Å². The zero-order valence-corrected chi connectivity index (χ0v) is 9.23. The molecule has 2 saturated heterocycles. The molecule has 0 saturated carbocycles. The Hall–Kier alpha value is -1.57. The predicted molar refractivity (Wildman–Crippen MR) is 63.8 cm³/mol. The number of carbonyl (C=O) groups is 1.